The highest BCUT2D eigenvalue weighted by Crippen LogP contribution is 2.30. The van der Waals surface area contributed by atoms with Crippen LogP contribution < -0.4 is 15.6 Å². The molecule has 1 aliphatic rings. The van der Waals surface area contributed by atoms with Crippen LogP contribution in [0.15, 0.2) is 17.0 Å². The molecule has 0 spiro atoms. The molecule has 1 heterocycles. The number of hydrogen-bond donors (Lipinski definition) is 2. The minimum absolute atomic E-state index is 0.0444. The fraction of sp³-hybridized carbons (Fsp3) is 0.417. The average molecular weight is 297 g/mol. The summed E-state index contributed by atoms with van der Waals surface area (Å²) in [5, 5.41) is 14.2. The number of rotatable bonds is 4. The van der Waals surface area contributed by atoms with Crippen molar-refractivity contribution in [1.82, 2.24) is 0 Å². The highest BCUT2D eigenvalue weighted by molar-refractivity contribution is 7.89. The van der Waals surface area contributed by atoms with Gasteiger partial charge in [-0.15, -0.1) is 0 Å². The Bertz CT molecular complexity index is 645. The minimum Gasteiger partial charge on any atom is -0.489 e. The summed E-state index contributed by atoms with van der Waals surface area (Å²) in [5.74, 6) is 0.140. The average Bonchev–Trinajstić information content (AvgIpc) is 2.88. The lowest BCUT2D eigenvalue weighted by atomic mass is 10.2. The van der Waals surface area contributed by atoms with Crippen molar-refractivity contribution in [2.45, 2.75) is 23.8 Å². The molecule has 0 aliphatic carbocycles. The van der Waals surface area contributed by atoms with Gasteiger partial charge in [0.1, 0.15) is 28.9 Å². The molecule has 1 aromatic rings. The first kappa shape index (κ1) is 14.6. The lowest BCUT2D eigenvalue weighted by Gasteiger charge is -2.14. The number of ether oxygens (including phenoxy) is 2. The first-order chi connectivity index (χ1) is 9.43. The summed E-state index contributed by atoms with van der Waals surface area (Å²) < 4.78 is 33.9. The molecule has 7 nitrogen and oxygen atoms in total. The first-order valence-corrected chi connectivity index (χ1v) is 7.58. The number of benzene rings is 1. The zero-order valence-corrected chi connectivity index (χ0v) is 11.5. The molecular weight excluding hydrogens is 282 g/mol. The number of primary sulfonamides is 1. The van der Waals surface area contributed by atoms with Gasteiger partial charge in [0.15, 0.2) is 0 Å². The van der Waals surface area contributed by atoms with Gasteiger partial charge < -0.3 is 15.2 Å². The summed E-state index contributed by atoms with van der Waals surface area (Å²) in [6.45, 7) is 0.936. The fourth-order valence-electron chi connectivity index (χ4n) is 2.07. The van der Waals surface area contributed by atoms with Crippen molar-refractivity contribution in [3.8, 4) is 11.8 Å². The van der Waals surface area contributed by atoms with Crippen LogP contribution in [-0.4, -0.2) is 27.7 Å². The molecule has 2 rings (SSSR count). The van der Waals surface area contributed by atoms with Crippen LogP contribution in [0.5, 0.6) is 5.75 Å². The molecule has 8 heteroatoms. The van der Waals surface area contributed by atoms with E-state index in [0.29, 0.717) is 6.61 Å². The Morgan fingerprint density at radius 3 is 2.80 bits per heavy atom. The van der Waals surface area contributed by atoms with Gasteiger partial charge in [-0.2, -0.15) is 5.26 Å². The highest BCUT2D eigenvalue weighted by atomic mass is 32.2. The summed E-state index contributed by atoms with van der Waals surface area (Å²) in [4.78, 5) is -0.398. The minimum atomic E-state index is -4.09. The second-order valence-electron chi connectivity index (χ2n) is 4.46. The Labute approximate surface area is 117 Å². The molecule has 1 saturated heterocycles. The number of nitrogens with two attached hydrogens (primary N) is 2. The number of hydrogen-bond acceptors (Lipinski definition) is 6. The van der Waals surface area contributed by atoms with Gasteiger partial charge in [-0.25, -0.2) is 13.6 Å². The van der Waals surface area contributed by atoms with Crippen LogP contribution in [0, 0.1) is 11.3 Å². The maximum Gasteiger partial charge on any atom is 0.241 e. The highest BCUT2D eigenvalue weighted by Gasteiger charge is 2.23. The molecule has 1 aromatic carbocycles. The molecule has 1 fully saturated rings. The third-order valence-electron chi connectivity index (χ3n) is 2.99. The van der Waals surface area contributed by atoms with Crippen molar-refractivity contribution in [2.24, 2.45) is 5.14 Å². The first-order valence-electron chi connectivity index (χ1n) is 6.03. The van der Waals surface area contributed by atoms with Gasteiger partial charge in [-0.3, -0.25) is 0 Å². The van der Waals surface area contributed by atoms with Crippen molar-refractivity contribution < 1.29 is 17.9 Å². The number of nitrogen functional groups attached to an aromatic ring is 1. The number of nitrogens with zero attached hydrogens (tertiary/aromatic N) is 1. The Morgan fingerprint density at radius 1 is 1.50 bits per heavy atom. The quantitative estimate of drug-likeness (QED) is 0.771. The molecule has 1 unspecified atom stereocenters. The van der Waals surface area contributed by atoms with Gasteiger partial charge in [-0.05, 0) is 25.0 Å². The second-order valence-corrected chi connectivity index (χ2v) is 5.96. The maximum absolute atomic E-state index is 11.5. The van der Waals surface area contributed by atoms with Crippen molar-refractivity contribution in [2.75, 3.05) is 18.9 Å². The van der Waals surface area contributed by atoms with E-state index in [4.69, 9.17) is 25.6 Å². The van der Waals surface area contributed by atoms with Crippen LogP contribution >= 0.6 is 0 Å². The van der Waals surface area contributed by atoms with E-state index >= 15 is 0 Å². The number of nitriles is 1. The van der Waals surface area contributed by atoms with Gasteiger partial charge in [-0.1, -0.05) is 0 Å². The lowest BCUT2D eigenvalue weighted by Crippen LogP contribution is -2.19. The van der Waals surface area contributed by atoms with E-state index in [9.17, 15) is 8.42 Å². The van der Waals surface area contributed by atoms with Crippen molar-refractivity contribution in [1.29, 1.82) is 5.26 Å². The summed E-state index contributed by atoms with van der Waals surface area (Å²) in [5.41, 5.74) is 5.33. The smallest absolute Gasteiger partial charge is 0.241 e. The monoisotopic (exact) mass is 297 g/mol. The third kappa shape index (κ3) is 3.01. The van der Waals surface area contributed by atoms with Crippen LogP contribution in [0.3, 0.4) is 0 Å². The van der Waals surface area contributed by atoms with Gasteiger partial charge in [0, 0.05) is 6.61 Å². The van der Waals surface area contributed by atoms with Crippen LogP contribution in [-0.2, 0) is 14.8 Å². The molecule has 1 atom stereocenters. The van der Waals surface area contributed by atoms with Gasteiger partial charge in [0.05, 0.1) is 11.8 Å². The number of anilines is 1. The molecule has 0 amide bonds. The molecule has 0 saturated carbocycles. The van der Waals surface area contributed by atoms with E-state index < -0.39 is 14.9 Å². The van der Waals surface area contributed by atoms with E-state index in [-0.39, 0.29) is 29.7 Å². The topological polar surface area (TPSA) is 128 Å². The molecule has 108 valence electrons. The third-order valence-corrected chi connectivity index (χ3v) is 4.00. The van der Waals surface area contributed by atoms with Crippen LogP contribution in [0.4, 0.5) is 5.69 Å². The molecular formula is C12H15N3O4S. The molecule has 20 heavy (non-hydrogen) atoms. The molecule has 1 aliphatic heterocycles. The van der Waals surface area contributed by atoms with Crippen molar-refractivity contribution in [3.05, 3.63) is 17.7 Å². The van der Waals surface area contributed by atoms with E-state index in [1.54, 1.807) is 6.07 Å². The lowest BCUT2D eigenvalue weighted by molar-refractivity contribution is 0.0678. The zero-order chi connectivity index (χ0) is 14.8. The fourth-order valence-corrected chi connectivity index (χ4v) is 2.90. The normalized spacial score (nSPS) is 18.7. The van der Waals surface area contributed by atoms with E-state index in [0.717, 1.165) is 12.8 Å². The molecule has 4 N–H and O–H groups in total. The molecule has 0 aromatic heterocycles. The van der Waals surface area contributed by atoms with Crippen LogP contribution in [0.25, 0.3) is 0 Å². The van der Waals surface area contributed by atoms with E-state index in [1.807, 2.05) is 0 Å². The number of sulfonamides is 1. The Hall–Kier alpha value is -1.82. The maximum atomic E-state index is 11.5. The van der Waals surface area contributed by atoms with E-state index in [1.165, 1.54) is 12.1 Å². The molecule has 0 bridgehead atoms. The van der Waals surface area contributed by atoms with Crippen LogP contribution in [0.1, 0.15) is 18.4 Å². The largest absolute Gasteiger partial charge is 0.489 e. The SMILES string of the molecule is N#Cc1c(OCC2CCCO2)ccc(N)c1S(N)(=O)=O. The zero-order valence-electron chi connectivity index (χ0n) is 10.7. The van der Waals surface area contributed by atoms with E-state index in [2.05, 4.69) is 0 Å². The summed E-state index contributed by atoms with van der Waals surface area (Å²) in [6, 6.07) is 4.59. The Morgan fingerprint density at radius 2 is 2.25 bits per heavy atom. The van der Waals surface area contributed by atoms with Crippen molar-refractivity contribution >= 4 is 15.7 Å². The van der Waals surface area contributed by atoms with Crippen molar-refractivity contribution in [3.63, 3.8) is 0 Å². The summed E-state index contributed by atoms with van der Waals surface area (Å²) >= 11 is 0. The predicted molar refractivity (Wildman–Crippen MR) is 71.4 cm³/mol. The van der Waals surface area contributed by atoms with Gasteiger partial charge >= 0.3 is 0 Å². The summed E-state index contributed by atoms with van der Waals surface area (Å²) in [6.07, 6.45) is 1.79. The van der Waals surface area contributed by atoms with Gasteiger partial charge in [0.25, 0.3) is 0 Å². The Kier molecular flexibility index (Phi) is 4.13. The van der Waals surface area contributed by atoms with Gasteiger partial charge in [0.2, 0.25) is 10.0 Å². The van der Waals surface area contributed by atoms with Crippen LogP contribution in [0.2, 0.25) is 0 Å². The summed E-state index contributed by atoms with van der Waals surface area (Å²) in [7, 11) is -4.09. The standard InChI is InChI=1S/C12H15N3O4S/c13-6-9-11(19-7-8-2-1-5-18-8)4-3-10(14)12(9)20(15,16)17/h3-4,8H,1-2,5,7,14H2,(H2,15,16,17). The Balaban J connectivity index is 2.32. The molecule has 0 radical (unpaired) electrons. The predicted octanol–water partition coefficient (Wildman–Crippen LogP) is 0.346. The second kappa shape index (κ2) is 5.66.